The molecule has 2 amide bonds. The molecule has 2 atom stereocenters. The molecule has 0 saturated carbocycles. The van der Waals surface area contributed by atoms with Gasteiger partial charge in [-0.1, -0.05) is 55.5 Å². The Bertz CT molecular complexity index is 1180. The molecular weight excluding hydrogens is 480 g/mol. The topological polar surface area (TPSA) is 149 Å². The maximum atomic E-state index is 13.4. The van der Waals surface area contributed by atoms with Crippen molar-refractivity contribution < 1.29 is 18.0 Å². The van der Waals surface area contributed by atoms with Crippen molar-refractivity contribution in [2.75, 3.05) is 32.7 Å². The molecule has 10 nitrogen and oxygen atoms in total. The normalized spacial score (nSPS) is 15.8. The Morgan fingerprint density at radius 1 is 1.03 bits per heavy atom. The minimum atomic E-state index is -4.02. The van der Waals surface area contributed by atoms with E-state index in [0.717, 1.165) is 5.56 Å². The van der Waals surface area contributed by atoms with Crippen molar-refractivity contribution in [3.63, 3.8) is 0 Å². The third-order valence-corrected chi connectivity index (χ3v) is 7.40. The number of amidine groups is 1. The predicted molar refractivity (Wildman–Crippen MR) is 139 cm³/mol. The second kappa shape index (κ2) is 12.1. The lowest BCUT2D eigenvalue weighted by Gasteiger charge is -2.36. The largest absolute Gasteiger partial charge is 0.384 e. The van der Waals surface area contributed by atoms with Crippen LogP contribution in [0.3, 0.4) is 0 Å². The number of benzene rings is 2. The summed E-state index contributed by atoms with van der Waals surface area (Å²) in [6.45, 7) is 5.00. The van der Waals surface area contributed by atoms with Gasteiger partial charge in [0.1, 0.15) is 11.9 Å². The number of nitrogens with two attached hydrogens (primary N) is 1. The molecule has 0 aromatic heterocycles. The van der Waals surface area contributed by atoms with Crippen LogP contribution in [0.2, 0.25) is 0 Å². The van der Waals surface area contributed by atoms with Crippen LogP contribution in [0.15, 0.2) is 54.6 Å². The first kappa shape index (κ1) is 27.3. The average molecular weight is 515 g/mol. The van der Waals surface area contributed by atoms with E-state index in [9.17, 15) is 18.0 Å². The van der Waals surface area contributed by atoms with E-state index in [2.05, 4.69) is 9.44 Å². The van der Waals surface area contributed by atoms with Crippen LogP contribution < -0.4 is 15.2 Å². The number of nitrogen functional groups attached to an aromatic ring is 1. The lowest BCUT2D eigenvalue weighted by molar-refractivity contribution is -0.139. The number of hydrogen-bond acceptors (Lipinski definition) is 5. The Labute approximate surface area is 212 Å². The van der Waals surface area contributed by atoms with Crippen molar-refractivity contribution >= 4 is 27.9 Å². The molecule has 0 aliphatic carbocycles. The number of carbonyl (C=O) groups excluding carboxylic acids is 2. The zero-order valence-corrected chi connectivity index (χ0v) is 21.4. The molecule has 1 aliphatic heterocycles. The summed E-state index contributed by atoms with van der Waals surface area (Å²) in [5.41, 5.74) is 7.76. The molecule has 11 heteroatoms. The van der Waals surface area contributed by atoms with Crippen molar-refractivity contribution in [3.05, 3.63) is 71.3 Å². The number of amides is 2. The van der Waals surface area contributed by atoms with Crippen LogP contribution in [0.4, 0.5) is 0 Å². The van der Waals surface area contributed by atoms with Crippen LogP contribution in [0.25, 0.3) is 0 Å². The van der Waals surface area contributed by atoms with Crippen LogP contribution in [-0.2, 0) is 26.2 Å². The number of carbonyl (C=O) groups is 2. The van der Waals surface area contributed by atoms with Crippen molar-refractivity contribution in [3.8, 4) is 0 Å². The molecule has 2 unspecified atom stereocenters. The smallest absolute Gasteiger partial charge is 0.277 e. The summed E-state index contributed by atoms with van der Waals surface area (Å²) in [6, 6.07) is 15.3. The molecule has 5 N–H and O–H groups in total. The molecule has 1 saturated heterocycles. The quantitative estimate of drug-likeness (QED) is 0.273. The summed E-state index contributed by atoms with van der Waals surface area (Å²) in [5, 5.41) is 7.67. The van der Waals surface area contributed by atoms with Gasteiger partial charge in [0.15, 0.2) is 0 Å². The first-order chi connectivity index (χ1) is 17.1. The lowest BCUT2D eigenvalue weighted by Crippen LogP contribution is -2.57. The van der Waals surface area contributed by atoms with Crippen molar-refractivity contribution in [1.29, 1.82) is 5.41 Å². The molecule has 1 heterocycles. The van der Waals surface area contributed by atoms with E-state index in [1.165, 1.54) is 6.92 Å². The van der Waals surface area contributed by atoms with Gasteiger partial charge in [0.25, 0.3) is 10.2 Å². The monoisotopic (exact) mass is 514 g/mol. The molecular formula is C25H34N6O4S. The fourth-order valence-electron chi connectivity index (χ4n) is 4.11. The standard InChI is InChI=1S/C25H34N6O4S/c1-18(21-8-4-3-5-9-21)17-28-36(34,35)29-23(16-20-7-6-10-22(15-20)24(26)27)25(33)31-13-11-30(12-14-31)19(2)32/h3-10,15,18,23,28-29H,11-14,16-17H2,1-2H3,(H3,26,27). The SMILES string of the molecule is CC(=O)N1CCN(C(=O)C(Cc2cccc(C(=N)N)c2)NS(=O)(=O)NCC(C)c2ccccc2)CC1. The fourth-order valence-corrected chi connectivity index (χ4v) is 5.22. The average Bonchev–Trinajstić information content (AvgIpc) is 2.87. The first-order valence-electron chi connectivity index (χ1n) is 11.8. The first-order valence-corrected chi connectivity index (χ1v) is 13.3. The molecule has 1 aliphatic rings. The Balaban J connectivity index is 1.75. The van der Waals surface area contributed by atoms with Gasteiger partial charge in [-0.15, -0.1) is 0 Å². The van der Waals surface area contributed by atoms with Crippen LogP contribution in [-0.4, -0.2) is 74.6 Å². The molecule has 0 spiro atoms. The number of hydrogen-bond donors (Lipinski definition) is 4. The second-order valence-electron chi connectivity index (χ2n) is 8.98. The van der Waals surface area contributed by atoms with Crippen LogP contribution in [0.5, 0.6) is 0 Å². The lowest BCUT2D eigenvalue weighted by atomic mass is 10.0. The third-order valence-electron chi connectivity index (χ3n) is 6.26. The molecule has 2 aromatic carbocycles. The number of piperazine rings is 1. The van der Waals surface area contributed by atoms with E-state index in [-0.39, 0.29) is 36.5 Å². The van der Waals surface area contributed by atoms with Crippen LogP contribution in [0, 0.1) is 5.41 Å². The fraction of sp³-hybridized carbons (Fsp3) is 0.400. The summed E-state index contributed by atoms with van der Waals surface area (Å²) in [7, 11) is -4.02. The molecule has 3 rings (SSSR count). The highest BCUT2D eigenvalue weighted by Gasteiger charge is 2.31. The van der Waals surface area contributed by atoms with E-state index in [4.69, 9.17) is 11.1 Å². The summed E-state index contributed by atoms with van der Waals surface area (Å²) < 4.78 is 31.0. The second-order valence-corrected chi connectivity index (χ2v) is 10.5. The number of rotatable bonds is 10. The Morgan fingerprint density at radius 2 is 1.67 bits per heavy atom. The van der Waals surface area contributed by atoms with Gasteiger partial charge in [-0.2, -0.15) is 13.1 Å². The third kappa shape index (κ3) is 7.61. The molecule has 194 valence electrons. The van der Waals surface area contributed by atoms with Crippen molar-refractivity contribution in [2.45, 2.75) is 32.2 Å². The maximum Gasteiger partial charge on any atom is 0.277 e. The zero-order valence-electron chi connectivity index (χ0n) is 20.6. The van der Waals surface area contributed by atoms with E-state index >= 15 is 0 Å². The molecule has 1 fully saturated rings. The van der Waals surface area contributed by atoms with Gasteiger partial charge in [0.05, 0.1) is 0 Å². The van der Waals surface area contributed by atoms with Gasteiger partial charge in [-0.25, -0.2) is 4.72 Å². The summed E-state index contributed by atoms with van der Waals surface area (Å²) in [4.78, 5) is 28.3. The van der Waals surface area contributed by atoms with Gasteiger partial charge in [-0.05, 0) is 29.5 Å². The minimum Gasteiger partial charge on any atom is -0.384 e. The molecule has 36 heavy (non-hydrogen) atoms. The van der Waals surface area contributed by atoms with E-state index < -0.39 is 16.3 Å². The summed E-state index contributed by atoms with van der Waals surface area (Å²) >= 11 is 0. The predicted octanol–water partition coefficient (Wildman–Crippen LogP) is 0.800. The number of nitrogens with zero attached hydrogens (tertiary/aromatic N) is 2. The summed E-state index contributed by atoms with van der Waals surface area (Å²) in [5.74, 6) is -0.605. The van der Waals surface area contributed by atoms with Gasteiger partial charge in [0.2, 0.25) is 11.8 Å². The highest BCUT2D eigenvalue weighted by molar-refractivity contribution is 7.87. The Hall–Kier alpha value is -3.28. The van der Waals surface area contributed by atoms with E-state index in [1.54, 1.807) is 34.1 Å². The highest BCUT2D eigenvalue weighted by atomic mass is 32.2. The molecule has 0 bridgehead atoms. The Morgan fingerprint density at radius 3 is 2.28 bits per heavy atom. The van der Waals surface area contributed by atoms with Crippen LogP contribution >= 0.6 is 0 Å². The number of nitrogens with one attached hydrogen (secondary N) is 3. The van der Waals surface area contributed by atoms with Crippen LogP contribution in [0.1, 0.15) is 36.5 Å². The molecule has 2 aromatic rings. The van der Waals surface area contributed by atoms with Gasteiger partial charge >= 0.3 is 0 Å². The van der Waals surface area contributed by atoms with Crippen molar-refractivity contribution in [1.82, 2.24) is 19.2 Å². The van der Waals surface area contributed by atoms with Gasteiger partial charge in [-0.3, -0.25) is 15.0 Å². The highest BCUT2D eigenvalue weighted by Crippen LogP contribution is 2.15. The van der Waals surface area contributed by atoms with E-state index in [1.807, 2.05) is 37.3 Å². The maximum absolute atomic E-state index is 13.4. The van der Waals surface area contributed by atoms with Gasteiger partial charge < -0.3 is 15.5 Å². The summed E-state index contributed by atoms with van der Waals surface area (Å²) in [6.07, 6.45) is 0.0853. The van der Waals surface area contributed by atoms with Gasteiger partial charge in [0, 0.05) is 45.2 Å². The Kier molecular flexibility index (Phi) is 9.19. The molecule has 0 radical (unpaired) electrons. The minimum absolute atomic E-state index is 0.0582. The van der Waals surface area contributed by atoms with E-state index in [0.29, 0.717) is 37.3 Å². The van der Waals surface area contributed by atoms with Crippen molar-refractivity contribution in [2.24, 2.45) is 5.73 Å². The zero-order chi connectivity index (χ0) is 26.3.